The highest BCUT2D eigenvalue weighted by Gasteiger charge is 2.18. The molecule has 0 bridgehead atoms. The van der Waals surface area contributed by atoms with Crippen LogP contribution in [0.5, 0.6) is 5.75 Å². The number of nitrogens with one attached hydrogen (secondary N) is 1. The van der Waals surface area contributed by atoms with Crippen LogP contribution < -0.4 is 4.74 Å². The molecule has 0 aliphatic carbocycles. The number of nitrogens with zero attached hydrogens (tertiary/aromatic N) is 1. The molecule has 1 aromatic carbocycles. The number of aromatic amines is 1. The summed E-state index contributed by atoms with van der Waals surface area (Å²) in [5.41, 5.74) is 1.08. The summed E-state index contributed by atoms with van der Waals surface area (Å²) in [5, 5.41) is 1.10. The van der Waals surface area contributed by atoms with Crippen molar-refractivity contribution in [3.63, 3.8) is 0 Å². The summed E-state index contributed by atoms with van der Waals surface area (Å²) >= 11 is 0. The minimum absolute atomic E-state index is 0.0849. The Balaban J connectivity index is 1.63. The molecule has 4 nitrogen and oxygen atoms in total. The summed E-state index contributed by atoms with van der Waals surface area (Å²) in [6.45, 7) is 1.88. The lowest BCUT2D eigenvalue weighted by molar-refractivity contribution is -0.132. The third kappa shape index (κ3) is 2.18. The van der Waals surface area contributed by atoms with Crippen LogP contribution in [0.1, 0.15) is 12.8 Å². The van der Waals surface area contributed by atoms with Crippen molar-refractivity contribution in [2.45, 2.75) is 12.8 Å². The number of H-pyrrole nitrogens is 1. The van der Waals surface area contributed by atoms with Gasteiger partial charge < -0.3 is 14.6 Å². The second-order valence-corrected chi connectivity index (χ2v) is 4.60. The van der Waals surface area contributed by atoms with E-state index in [2.05, 4.69) is 4.98 Å². The zero-order chi connectivity index (χ0) is 12.4. The largest absolute Gasteiger partial charge is 0.484 e. The normalized spacial score (nSPS) is 15.2. The van der Waals surface area contributed by atoms with E-state index >= 15 is 0 Å². The second-order valence-electron chi connectivity index (χ2n) is 4.60. The molecule has 1 aliphatic rings. The van der Waals surface area contributed by atoms with Crippen molar-refractivity contribution < 1.29 is 9.53 Å². The van der Waals surface area contributed by atoms with E-state index in [1.165, 1.54) is 0 Å². The summed E-state index contributed by atoms with van der Waals surface area (Å²) in [5.74, 6) is 0.830. The average Bonchev–Trinajstić information content (AvgIpc) is 3.05. The number of aromatic nitrogens is 1. The van der Waals surface area contributed by atoms with Crippen molar-refractivity contribution in [3.8, 4) is 5.75 Å². The van der Waals surface area contributed by atoms with Crippen LogP contribution >= 0.6 is 0 Å². The van der Waals surface area contributed by atoms with Crippen LogP contribution in [0.4, 0.5) is 0 Å². The quantitative estimate of drug-likeness (QED) is 0.899. The highest BCUT2D eigenvalue weighted by atomic mass is 16.5. The maximum absolute atomic E-state index is 11.8. The van der Waals surface area contributed by atoms with E-state index in [1.54, 1.807) is 0 Å². The molecule has 1 amide bonds. The van der Waals surface area contributed by atoms with Gasteiger partial charge in [0, 0.05) is 30.2 Å². The van der Waals surface area contributed by atoms with Gasteiger partial charge in [0.05, 0.1) is 0 Å². The van der Waals surface area contributed by atoms with Gasteiger partial charge in [0.2, 0.25) is 0 Å². The number of ether oxygens (including phenoxy) is 1. The molecule has 2 aromatic rings. The van der Waals surface area contributed by atoms with Gasteiger partial charge >= 0.3 is 0 Å². The Hall–Kier alpha value is -1.97. The fourth-order valence-electron chi connectivity index (χ4n) is 2.32. The first-order valence-electron chi connectivity index (χ1n) is 6.31. The van der Waals surface area contributed by atoms with Crippen molar-refractivity contribution in [1.29, 1.82) is 0 Å². The third-order valence-electron chi connectivity index (χ3n) is 3.35. The fourth-order valence-corrected chi connectivity index (χ4v) is 2.32. The predicted octanol–water partition coefficient (Wildman–Crippen LogP) is 2.17. The number of rotatable bonds is 3. The molecule has 0 unspecified atom stereocenters. The van der Waals surface area contributed by atoms with Crippen molar-refractivity contribution in [2.75, 3.05) is 19.7 Å². The maximum Gasteiger partial charge on any atom is 0.260 e. The highest BCUT2D eigenvalue weighted by molar-refractivity contribution is 5.81. The highest BCUT2D eigenvalue weighted by Crippen LogP contribution is 2.19. The minimum atomic E-state index is 0.0849. The molecule has 1 N–H and O–H groups in total. The van der Waals surface area contributed by atoms with Gasteiger partial charge in [-0.05, 0) is 37.1 Å². The van der Waals surface area contributed by atoms with Crippen molar-refractivity contribution in [3.05, 3.63) is 30.5 Å². The van der Waals surface area contributed by atoms with Crippen LogP contribution in [0, 0.1) is 0 Å². The zero-order valence-corrected chi connectivity index (χ0v) is 10.2. The smallest absolute Gasteiger partial charge is 0.260 e. The molecule has 3 rings (SSSR count). The lowest BCUT2D eigenvalue weighted by Gasteiger charge is -2.15. The number of carbonyl (C=O) groups is 1. The third-order valence-corrected chi connectivity index (χ3v) is 3.35. The monoisotopic (exact) mass is 244 g/mol. The number of hydrogen-bond donors (Lipinski definition) is 1. The van der Waals surface area contributed by atoms with E-state index in [-0.39, 0.29) is 12.5 Å². The molecule has 4 heteroatoms. The van der Waals surface area contributed by atoms with E-state index in [0.29, 0.717) is 0 Å². The molecule has 0 spiro atoms. The Kier molecular flexibility index (Phi) is 2.92. The van der Waals surface area contributed by atoms with Gasteiger partial charge in [-0.2, -0.15) is 0 Å². The molecule has 1 aliphatic heterocycles. The van der Waals surface area contributed by atoms with Gasteiger partial charge in [0.15, 0.2) is 6.61 Å². The first-order chi connectivity index (χ1) is 8.83. The number of fused-ring (bicyclic) bond motifs is 1. The summed E-state index contributed by atoms with van der Waals surface area (Å²) in [4.78, 5) is 16.8. The number of hydrogen-bond acceptors (Lipinski definition) is 2. The SMILES string of the molecule is O=C(COc1ccc2[nH]ccc2c1)N1CCCC1. The van der Waals surface area contributed by atoms with E-state index in [0.717, 1.165) is 42.6 Å². The van der Waals surface area contributed by atoms with Crippen LogP contribution in [0.25, 0.3) is 10.9 Å². The number of amides is 1. The molecule has 2 heterocycles. The molecule has 0 atom stereocenters. The Morgan fingerprint density at radius 1 is 1.28 bits per heavy atom. The Morgan fingerprint density at radius 3 is 2.94 bits per heavy atom. The van der Waals surface area contributed by atoms with Gasteiger partial charge in [-0.1, -0.05) is 0 Å². The summed E-state index contributed by atoms with van der Waals surface area (Å²) in [7, 11) is 0. The first-order valence-corrected chi connectivity index (χ1v) is 6.31. The van der Waals surface area contributed by atoms with E-state index in [9.17, 15) is 4.79 Å². The molecular weight excluding hydrogens is 228 g/mol. The molecule has 0 saturated carbocycles. The Morgan fingerprint density at radius 2 is 2.11 bits per heavy atom. The second kappa shape index (κ2) is 4.72. The van der Waals surface area contributed by atoms with Gasteiger partial charge in [-0.15, -0.1) is 0 Å². The van der Waals surface area contributed by atoms with Crippen LogP contribution in [0.15, 0.2) is 30.5 Å². The molecular formula is C14H16N2O2. The van der Waals surface area contributed by atoms with Crippen molar-refractivity contribution >= 4 is 16.8 Å². The van der Waals surface area contributed by atoms with Crippen LogP contribution in [-0.2, 0) is 4.79 Å². The summed E-state index contributed by atoms with van der Waals surface area (Å²) in [6.07, 6.45) is 4.12. The average molecular weight is 244 g/mol. The minimum Gasteiger partial charge on any atom is -0.484 e. The molecule has 94 valence electrons. The van der Waals surface area contributed by atoms with E-state index < -0.39 is 0 Å². The van der Waals surface area contributed by atoms with Crippen LogP contribution in [0.3, 0.4) is 0 Å². The zero-order valence-electron chi connectivity index (χ0n) is 10.2. The molecule has 0 radical (unpaired) electrons. The van der Waals surface area contributed by atoms with Gasteiger partial charge in [0.25, 0.3) is 5.91 Å². The van der Waals surface area contributed by atoms with Crippen molar-refractivity contribution in [1.82, 2.24) is 9.88 Å². The lowest BCUT2D eigenvalue weighted by Crippen LogP contribution is -2.32. The molecule has 1 aromatic heterocycles. The van der Waals surface area contributed by atoms with E-state index in [1.807, 2.05) is 35.4 Å². The molecule has 1 saturated heterocycles. The van der Waals surface area contributed by atoms with Gasteiger partial charge in [-0.25, -0.2) is 0 Å². The Bertz CT molecular complexity index is 556. The number of likely N-dealkylation sites (tertiary alicyclic amines) is 1. The topological polar surface area (TPSA) is 45.3 Å². The Labute approximate surface area is 106 Å². The van der Waals surface area contributed by atoms with Crippen LogP contribution in [0.2, 0.25) is 0 Å². The fraction of sp³-hybridized carbons (Fsp3) is 0.357. The van der Waals surface area contributed by atoms with Crippen LogP contribution in [-0.4, -0.2) is 35.5 Å². The molecule has 18 heavy (non-hydrogen) atoms. The summed E-state index contributed by atoms with van der Waals surface area (Å²) < 4.78 is 5.55. The number of carbonyl (C=O) groups excluding carboxylic acids is 1. The van der Waals surface area contributed by atoms with Crippen molar-refractivity contribution in [2.24, 2.45) is 0 Å². The first kappa shape index (κ1) is 11.1. The standard InChI is InChI=1S/C14H16N2O2/c17-14(16-7-1-2-8-16)10-18-12-3-4-13-11(9-12)5-6-15-13/h3-6,9,15H,1-2,7-8,10H2. The molecule has 1 fully saturated rings. The lowest BCUT2D eigenvalue weighted by atomic mass is 10.2. The summed E-state index contributed by atoms with van der Waals surface area (Å²) in [6, 6.07) is 7.79. The maximum atomic E-state index is 11.8. The number of benzene rings is 1. The van der Waals surface area contributed by atoms with E-state index in [4.69, 9.17) is 4.74 Å². The van der Waals surface area contributed by atoms with Gasteiger partial charge in [-0.3, -0.25) is 4.79 Å². The van der Waals surface area contributed by atoms with Gasteiger partial charge in [0.1, 0.15) is 5.75 Å². The predicted molar refractivity (Wildman–Crippen MR) is 69.6 cm³/mol.